The normalized spacial score (nSPS) is 26.2. The molecular weight excluding hydrogens is 302 g/mol. The third kappa shape index (κ3) is 3.78. The summed E-state index contributed by atoms with van der Waals surface area (Å²) >= 11 is 0. The second kappa shape index (κ2) is 7.35. The lowest BCUT2D eigenvalue weighted by molar-refractivity contribution is 0.112. The Morgan fingerprint density at radius 1 is 1.29 bits per heavy atom. The Morgan fingerprint density at radius 2 is 2.08 bits per heavy atom. The summed E-state index contributed by atoms with van der Waals surface area (Å²) in [5.74, 6) is 1.46. The Bertz CT molecular complexity index is 614. The molecule has 1 aromatic rings. The molecule has 2 saturated heterocycles. The zero-order valence-corrected chi connectivity index (χ0v) is 14.9. The van der Waals surface area contributed by atoms with E-state index in [1.807, 2.05) is 0 Å². The van der Waals surface area contributed by atoms with Crippen LogP contribution < -0.4 is 9.64 Å². The van der Waals surface area contributed by atoms with Gasteiger partial charge in [0.1, 0.15) is 23.7 Å². The number of likely N-dealkylation sites (tertiary alicyclic amines) is 1. The van der Waals surface area contributed by atoms with E-state index in [0.717, 1.165) is 38.3 Å². The molecule has 3 rings (SSSR count). The van der Waals surface area contributed by atoms with Gasteiger partial charge >= 0.3 is 6.01 Å². The minimum absolute atomic E-state index is 0.0135. The van der Waals surface area contributed by atoms with Crippen LogP contribution in [0, 0.1) is 17.2 Å². The van der Waals surface area contributed by atoms with Crippen LogP contribution in [-0.2, 0) is 0 Å². The average Bonchev–Trinajstić information content (AvgIpc) is 3.00. The van der Waals surface area contributed by atoms with Gasteiger partial charge in [-0.3, -0.25) is 4.90 Å². The van der Waals surface area contributed by atoms with E-state index in [1.54, 1.807) is 6.07 Å². The van der Waals surface area contributed by atoms with Gasteiger partial charge in [0.05, 0.1) is 0 Å². The summed E-state index contributed by atoms with van der Waals surface area (Å²) in [6, 6.07) is 4.63. The molecule has 0 N–H and O–H groups in total. The number of nitrogens with zero attached hydrogens (tertiary/aromatic N) is 5. The standard InChI is InChI=1S/C18H27N5O/c1-13-6-4-9-23(12-13)17-10-15(11-19)20-18(21-17)24-14(2)16-7-5-8-22(16)3/h10,13-14,16H,4-9,12H2,1-3H3/t13-,14+,16+/m1/s1. The first-order valence-electron chi connectivity index (χ1n) is 8.98. The van der Waals surface area contributed by atoms with Gasteiger partial charge < -0.3 is 9.64 Å². The van der Waals surface area contributed by atoms with E-state index in [1.165, 1.54) is 12.8 Å². The number of hydrogen-bond donors (Lipinski definition) is 0. The van der Waals surface area contributed by atoms with E-state index < -0.39 is 0 Å². The van der Waals surface area contributed by atoms with Crippen molar-refractivity contribution >= 4 is 5.82 Å². The molecule has 2 fully saturated rings. The van der Waals surface area contributed by atoms with Gasteiger partial charge in [-0.05, 0) is 52.1 Å². The number of ether oxygens (including phenoxy) is 1. The van der Waals surface area contributed by atoms with Crippen LogP contribution in [0.25, 0.3) is 0 Å². The molecule has 6 heteroatoms. The fraction of sp³-hybridized carbons (Fsp3) is 0.722. The Kier molecular flexibility index (Phi) is 5.20. The third-order valence-electron chi connectivity index (χ3n) is 5.20. The zero-order valence-electron chi connectivity index (χ0n) is 14.9. The van der Waals surface area contributed by atoms with Crippen LogP contribution in [0.2, 0.25) is 0 Å². The predicted octanol–water partition coefficient (Wildman–Crippen LogP) is 2.45. The van der Waals surface area contributed by atoms with E-state index in [-0.39, 0.29) is 6.10 Å². The number of piperidine rings is 1. The summed E-state index contributed by atoms with van der Waals surface area (Å²) in [6.45, 7) is 7.38. The van der Waals surface area contributed by atoms with Crippen molar-refractivity contribution in [3.63, 3.8) is 0 Å². The monoisotopic (exact) mass is 329 g/mol. The Labute approximate surface area is 144 Å². The summed E-state index contributed by atoms with van der Waals surface area (Å²) in [4.78, 5) is 13.4. The molecule has 2 aliphatic rings. The first-order chi connectivity index (χ1) is 11.6. The highest BCUT2D eigenvalue weighted by Crippen LogP contribution is 2.25. The molecule has 1 aromatic heterocycles. The van der Waals surface area contributed by atoms with E-state index in [4.69, 9.17) is 4.74 Å². The molecule has 130 valence electrons. The fourth-order valence-electron chi connectivity index (χ4n) is 3.86. The van der Waals surface area contributed by atoms with Gasteiger partial charge in [-0.15, -0.1) is 0 Å². The van der Waals surface area contributed by atoms with Gasteiger partial charge in [0.2, 0.25) is 0 Å². The highest BCUT2D eigenvalue weighted by molar-refractivity contribution is 5.44. The summed E-state index contributed by atoms with van der Waals surface area (Å²) in [7, 11) is 2.13. The molecule has 0 aromatic carbocycles. The van der Waals surface area contributed by atoms with Crippen LogP contribution in [0.15, 0.2) is 6.07 Å². The summed E-state index contributed by atoms with van der Waals surface area (Å²) in [5, 5.41) is 9.30. The number of anilines is 1. The molecule has 24 heavy (non-hydrogen) atoms. The van der Waals surface area contributed by atoms with Crippen molar-refractivity contribution in [3.8, 4) is 12.1 Å². The zero-order chi connectivity index (χ0) is 17.1. The number of hydrogen-bond acceptors (Lipinski definition) is 6. The van der Waals surface area contributed by atoms with Crippen LogP contribution in [0.3, 0.4) is 0 Å². The highest BCUT2D eigenvalue weighted by atomic mass is 16.5. The molecule has 3 heterocycles. The van der Waals surface area contributed by atoms with Crippen LogP contribution in [-0.4, -0.2) is 53.7 Å². The molecule has 0 spiro atoms. The van der Waals surface area contributed by atoms with Crippen molar-refractivity contribution in [2.75, 3.05) is 31.6 Å². The first kappa shape index (κ1) is 17.0. The van der Waals surface area contributed by atoms with Crippen LogP contribution >= 0.6 is 0 Å². The molecule has 3 atom stereocenters. The predicted molar refractivity (Wildman–Crippen MR) is 93.1 cm³/mol. The second-order valence-electron chi connectivity index (χ2n) is 7.21. The van der Waals surface area contributed by atoms with Gasteiger partial charge in [0, 0.05) is 25.2 Å². The fourth-order valence-corrected chi connectivity index (χ4v) is 3.86. The largest absolute Gasteiger partial charge is 0.459 e. The van der Waals surface area contributed by atoms with Gasteiger partial charge in [0.15, 0.2) is 0 Å². The minimum atomic E-state index is 0.0135. The van der Waals surface area contributed by atoms with Crippen molar-refractivity contribution < 1.29 is 4.74 Å². The maximum absolute atomic E-state index is 9.30. The molecule has 0 aliphatic carbocycles. The summed E-state index contributed by atoms with van der Waals surface area (Å²) in [5.41, 5.74) is 0.375. The summed E-state index contributed by atoms with van der Waals surface area (Å²) in [6.07, 6.45) is 4.75. The van der Waals surface area contributed by atoms with Gasteiger partial charge in [-0.2, -0.15) is 15.2 Å². The molecule has 2 aliphatic heterocycles. The Hall–Kier alpha value is -1.87. The molecule has 0 saturated carbocycles. The molecule has 0 bridgehead atoms. The van der Waals surface area contributed by atoms with Crippen LogP contribution in [0.1, 0.15) is 45.2 Å². The number of aromatic nitrogens is 2. The Morgan fingerprint density at radius 3 is 2.75 bits per heavy atom. The van der Waals surface area contributed by atoms with Gasteiger partial charge in [-0.1, -0.05) is 6.92 Å². The molecule has 0 radical (unpaired) electrons. The van der Waals surface area contributed by atoms with Crippen molar-refractivity contribution in [3.05, 3.63) is 11.8 Å². The van der Waals surface area contributed by atoms with Gasteiger partial charge in [-0.25, -0.2) is 0 Å². The van der Waals surface area contributed by atoms with E-state index in [0.29, 0.717) is 23.7 Å². The quantitative estimate of drug-likeness (QED) is 0.845. The lowest BCUT2D eigenvalue weighted by Gasteiger charge is -2.32. The topological polar surface area (TPSA) is 65.3 Å². The second-order valence-corrected chi connectivity index (χ2v) is 7.21. The van der Waals surface area contributed by atoms with E-state index in [2.05, 4.69) is 46.7 Å². The maximum atomic E-state index is 9.30. The lowest BCUT2D eigenvalue weighted by atomic mass is 10.0. The molecular formula is C18H27N5O. The molecule has 6 nitrogen and oxygen atoms in total. The Balaban J connectivity index is 1.77. The maximum Gasteiger partial charge on any atom is 0.319 e. The lowest BCUT2D eigenvalue weighted by Crippen LogP contribution is -2.38. The third-order valence-corrected chi connectivity index (χ3v) is 5.20. The van der Waals surface area contributed by atoms with Gasteiger partial charge in [0.25, 0.3) is 0 Å². The number of likely N-dealkylation sites (N-methyl/N-ethyl adjacent to an activating group) is 1. The first-order valence-corrected chi connectivity index (χ1v) is 8.98. The molecule has 0 amide bonds. The average molecular weight is 329 g/mol. The highest BCUT2D eigenvalue weighted by Gasteiger charge is 2.28. The van der Waals surface area contributed by atoms with Crippen molar-refractivity contribution in [2.45, 2.75) is 51.7 Å². The van der Waals surface area contributed by atoms with Crippen LogP contribution in [0.4, 0.5) is 5.82 Å². The number of rotatable bonds is 4. The molecule has 0 unspecified atom stereocenters. The SMILES string of the molecule is C[C@@H]1CCCN(c2cc(C#N)nc(O[C@@H](C)[C@@H]3CCCN3C)n2)C1. The summed E-state index contributed by atoms with van der Waals surface area (Å²) < 4.78 is 6.03. The van der Waals surface area contributed by atoms with E-state index in [9.17, 15) is 5.26 Å². The van der Waals surface area contributed by atoms with Crippen molar-refractivity contribution in [1.29, 1.82) is 5.26 Å². The number of nitriles is 1. The van der Waals surface area contributed by atoms with Crippen molar-refractivity contribution in [2.24, 2.45) is 5.92 Å². The van der Waals surface area contributed by atoms with Crippen molar-refractivity contribution in [1.82, 2.24) is 14.9 Å². The van der Waals surface area contributed by atoms with Crippen LogP contribution in [0.5, 0.6) is 6.01 Å². The smallest absolute Gasteiger partial charge is 0.319 e. The van der Waals surface area contributed by atoms with E-state index >= 15 is 0 Å². The minimum Gasteiger partial charge on any atom is -0.459 e.